The van der Waals surface area contributed by atoms with Crippen LogP contribution in [0.3, 0.4) is 0 Å². The number of benzene rings is 3. The number of ether oxygens (including phenoxy) is 1. The van der Waals surface area contributed by atoms with Crippen molar-refractivity contribution in [3.8, 4) is 11.8 Å². The zero-order valence-corrected chi connectivity index (χ0v) is 15.8. The number of non-ortho nitro benzene ring substituents is 1. The fourth-order valence-corrected chi connectivity index (χ4v) is 2.81. The molecule has 0 unspecified atom stereocenters. The molecule has 0 bridgehead atoms. The molecule has 0 N–H and O–H groups in total. The molecule has 0 aliphatic rings. The van der Waals surface area contributed by atoms with Gasteiger partial charge in [0.25, 0.3) is 5.69 Å². The fraction of sp³-hybridized carbons (Fsp3) is 0.0455. The van der Waals surface area contributed by atoms with Crippen molar-refractivity contribution in [2.75, 3.05) is 0 Å². The highest BCUT2D eigenvalue weighted by Crippen LogP contribution is 2.24. The van der Waals surface area contributed by atoms with Crippen LogP contribution in [0.15, 0.2) is 66.7 Å². The van der Waals surface area contributed by atoms with Gasteiger partial charge in [0.2, 0.25) is 0 Å². The number of rotatable bonds is 6. The first-order chi connectivity index (χ1) is 14.0. The first kappa shape index (κ1) is 20.1. The smallest absolute Gasteiger partial charge is 0.269 e. The summed E-state index contributed by atoms with van der Waals surface area (Å²) in [4.78, 5) is 10.2. The summed E-state index contributed by atoms with van der Waals surface area (Å²) in [7, 11) is 0. The number of nitrogens with zero attached hydrogens (tertiary/aromatic N) is 2. The van der Waals surface area contributed by atoms with Crippen molar-refractivity contribution in [3.63, 3.8) is 0 Å². The summed E-state index contributed by atoms with van der Waals surface area (Å²) in [6.07, 6.45) is 1.67. The van der Waals surface area contributed by atoms with Gasteiger partial charge in [-0.3, -0.25) is 10.1 Å². The summed E-state index contributed by atoms with van der Waals surface area (Å²) in [6, 6.07) is 19.2. The van der Waals surface area contributed by atoms with E-state index in [4.69, 9.17) is 16.3 Å². The molecule has 0 radical (unpaired) electrons. The lowest BCUT2D eigenvalue weighted by Crippen LogP contribution is -1.99. The predicted octanol–water partition coefficient (Wildman–Crippen LogP) is 6.03. The Morgan fingerprint density at radius 2 is 1.83 bits per heavy atom. The minimum atomic E-state index is -0.493. The molecule has 0 fully saturated rings. The molecule has 7 heteroatoms. The molecule has 0 aromatic heterocycles. The predicted molar refractivity (Wildman–Crippen MR) is 109 cm³/mol. The molecule has 0 saturated heterocycles. The van der Waals surface area contributed by atoms with Crippen LogP contribution in [-0.4, -0.2) is 4.92 Å². The molecule has 3 rings (SSSR count). The lowest BCUT2D eigenvalue weighted by Gasteiger charge is -2.09. The quantitative estimate of drug-likeness (QED) is 0.216. The van der Waals surface area contributed by atoms with Gasteiger partial charge >= 0.3 is 0 Å². The van der Waals surface area contributed by atoms with Gasteiger partial charge in [0.1, 0.15) is 18.2 Å². The number of nitro groups is 1. The Morgan fingerprint density at radius 3 is 2.41 bits per heavy atom. The monoisotopic (exact) mass is 408 g/mol. The number of nitriles is 1. The van der Waals surface area contributed by atoms with Crippen molar-refractivity contribution in [1.82, 2.24) is 0 Å². The lowest BCUT2D eigenvalue weighted by molar-refractivity contribution is -0.384. The summed E-state index contributed by atoms with van der Waals surface area (Å²) >= 11 is 5.98. The van der Waals surface area contributed by atoms with Crippen LogP contribution in [0.25, 0.3) is 11.6 Å². The van der Waals surface area contributed by atoms with Gasteiger partial charge in [-0.2, -0.15) is 5.26 Å². The van der Waals surface area contributed by atoms with Gasteiger partial charge in [-0.25, -0.2) is 4.39 Å². The van der Waals surface area contributed by atoms with Gasteiger partial charge in [0.15, 0.2) is 0 Å². The number of nitro benzene ring substituents is 1. The van der Waals surface area contributed by atoms with E-state index in [0.717, 1.165) is 5.56 Å². The van der Waals surface area contributed by atoms with Gasteiger partial charge < -0.3 is 4.74 Å². The second kappa shape index (κ2) is 9.00. The van der Waals surface area contributed by atoms with Gasteiger partial charge in [0, 0.05) is 17.7 Å². The summed E-state index contributed by atoms with van der Waals surface area (Å²) < 4.78 is 19.4. The van der Waals surface area contributed by atoms with Crippen LogP contribution in [0.1, 0.15) is 16.7 Å². The molecule has 3 aromatic carbocycles. The Labute approximate surface area is 171 Å². The van der Waals surface area contributed by atoms with Crippen molar-refractivity contribution in [2.24, 2.45) is 0 Å². The molecule has 0 amide bonds. The Hall–Kier alpha value is -3.69. The molecule has 3 aromatic rings. The summed E-state index contributed by atoms with van der Waals surface area (Å²) in [5, 5.41) is 20.5. The molecule has 0 atom stereocenters. The minimum absolute atomic E-state index is 0.00701. The van der Waals surface area contributed by atoms with Crippen molar-refractivity contribution < 1.29 is 14.1 Å². The maximum Gasteiger partial charge on any atom is 0.269 e. The van der Waals surface area contributed by atoms with Crippen LogP contribution in [0, 0.1) is 27.3 Å². The van der Waals surface area contributed by atoms with E-state index >= 15 is 0 Å². The minimum Gasteiger partial charge on any atom is -0.489 e. The largest absolute Gasteiger partial charge is 0.489 e. The molecule has 29 heavy (non-hydrogen) atoms. The molecular formula is C22H14ClFN2O3. The topological polar surface area (TPSA) is 76.2 Å². The van der Waals surface area contributed by atoms with Gasteiger partial charge in [0.05, 0.1) is 21.6 Å². The van der Waals surface area contributed by atoms with Crippen molar-refractivity contribution in [1.29, 1.82) is 5.26 Å². The van der Waals surface area contributed by atoms with Gasteiger partial charge in [-0.1, -0.05) is 29.8 Å². The third kappa shape index (κ3) is 4.98. The normalized spacial score (nSPS) is 11.0. The van der Waals surface area contributed by atoms with Crippen LogP contribution in [-0.2, 0) is 6.61 Å². The van der Waals surface area contributed by atoms with E-state index in [2.05, 4.69) is 6.07 Å². The highest BCUT2D eigenvalue weighted by atomic mass is 35.5. The van der Waals surface area contributed by atoms with E-state index in [0.29, 0.717) is 21.9 Å². The van der Waals surface area contributed by atoms with Crippen LogP contribution in [0.2, 0.25) is 5.02 Å². The summed E-state index contributed by atoms with van der Waals surface area (Å²) in [6.45, 7) is -0.00701. The zero-order chi connectivity index (χ0) is 20.8. The Morgan fingerprint density at radius 1 is 1.14 bits per heavy atom. The van der Waals surface area contributed by atoms with Crippen LogP contribution >= 0.6 is 11.6 Å². The Balaban J connectivity index is 1.73. The highest BCUT2D eigenvalue weighted by Gasteiger charge is 2.09. The third-order valence-electron chi connectivity index (χ3n) is 4.15. The number of halogens is 2. The van der Waals surface area contributed by atoms with Crippen molar-refractivity contribution >= 4 is 28.9 Å². The summed E-state index contributed by atoms with van der Waals surface area (Å²) in [5.74, 6) is 0.0918. The lowest BCUT2D eigenvalue weighted by atomic mass is 10.0. The Kier molecular flexibility index (Phi) is 6.22. The van der Waals surface area contributed by atoms with Crippen LogP contribution < -0.4 is 4.74 Å². The maximum atomic E-state index is 13.8. The van der Waals surface area contributed by atoms with E-state index in [-0.39, 0.29) is 17.9 Å². The van der Waals surface area contributed by atoms with Crippen molar-refractivity contribution in [3.05, 3.63) is 104 Å². The first-order valence-corrected chi connectivity index (χ1v) is 8.88. The molecule has 0 aliphatic carbocycles. The SMILES string of the molecule is N#CC(=Cc1ccc(OCc2c(F)cccc2Cl)cc1)c1ccc([N+](=O)[O-])cc1. The number of hydrogen-bond acceptors (Lipinski definition) is 4. The standard InChI is InChI=1S/C22H14ClFN2O3/c23-21-2-1-3-22(24)20(21)14-29-19-10-4-15(5-11-19)12-17(13-25)16-6-8-18(9-7-16)26(27)28/h1-12H,14H2. The zero-order valence-electron chi connectivity index (χ0n) is 15.0. The Bertz CT molecular complexity index is 1080. The van der Waals surface area contributed by atoms with E-state index in [9.17, 15) is 19.8 Å². The highest BCUT2D eigenvalue weighted by molar-refractivity contribution is 6.31. The average molecular weight is 409 g/mol. The molecule has 144 valence electrons. The van der Waals surface area contributed by atoms with Crippen molar-refractivity contribution in [2.45, 2.75) is 6.61 Å². The molecule has 0 aliphatic heterocycles. The fourth-order valence-electron chi connectivity index (χ4n) is 2.60. The van der Waals surface area contributed by atoms with E-state index in [1.165, 1.54) is 36.4 Å². The van der Waals surface area contributed by atoms with Gasteiger partial charge in [-0.05, 0) is 53.6 Å². The summed E-state index contributed by atoms with van der Waals surface area (Å²) in [5.41, 5.74) is 1.93. The first-order valence-electron chi connectivity index (χ1n) is 8.50. The van der Waals surface area contributed by atoms with E-state index in [1.807, 2.05) is 0 Å². The van der Waals surface area contributed by atoms with Crippen LogP contribution in [0.5, 0.6) is 5.75 Å². The molecular weight excluding hydrogens is 395 g/mol. The molecule has 0 heterocycles. The van der Waals surface area contributed by atoms with Gasteiger partial charge in [-0.15, -0.1) is 0 Å². The van der Waals surface area contributed by atoms with Crippen LogP contribution in [0.4, 0.5) is 10.1 Å². The van der Waals surface area contributed by atoms with E-state index in [1.54, 1.807) is 36.4 Å². The molecule has 0 saturated carbocycles. The third-order valence-corrected chi connectivity index (χ3v) is 4.50. The average Bonchev–Trinajstić information content (AvgIpc) is 2.72. The second-order valence-electron chi connectivity index (χ2n) is 6.03. The number of allylic oxidation sites excluding steroid dienone is 1. The molecule has 0 spiro atoms. The molecule has 5 nitrogen and oxygen atoms in total. The van der Waals surface area contributed by atoms with E-state index < -0.39 is 10.7 Å². The second-order valence-corrected chi connectivity index (χ2v) is 6.44. The number of hydrogen-bond donors (Lipinski definition) is 0. The maximum absolute atomic E-state index is 13.8.